The summed E-state index contributed by atoms with van der Waals surface area (Å²) in [6.07, 6.45) is 1.62. The van der Waals surface area contributed by atoms with Gasteiger partial charge in [-0.1, -0.05) is 0 Å². The molecule has 0 saturated heterocycles. The van der Waals surface area contributed by atoms with E-state index in [4.69, 9.17) is 5.11 Å². The Hall–Kier alpha value is -1.49. The molecule has 2 aromatic rings. The first kappa shape index (κ1) is 6.23. The van der Waals surface area contributed by atoms with Gasteiger partial charge >= 0.3 is 0 Å². The molecule has 0 fully saturated rings. The van der Waals surface area contributed by atoms with Crippen LogP contribution in [0, 0.1) is 0 Å². The van der Waals surface area contributed by atoms with Gasteiger partial charge in [0, 0.05) is 6.20 Å². The van der Waals surface area contributed by atoms with Crippen LogP contribution in [0.15, 0.2) is 18.3 Å². The van der Waals surface area contributed by atoms with Crippen molar-refractivity contribution >= 4 is 5.65 Å². The fourth-order valence-corrected chi connectivity index (χ4v) is 0.888. The van der Waals surface area contributed by atoms with Crippen molar-refractivity contribution in [3.63, 3.8) is 0 Å². The van der Waals surface area contributed by atoms with Gasteiger partial charge in [-0.15, -0.1) is 10.2 Å². The highest BCUT2D eigenvalue weighted by Gasteiger charge is 2.01. The van der Waals surface area contributed by atoms with Crippen LogP contribution < -0.4 is 0 Å². The normalized spacial score (nSPS) is 10.6. The first-order valence-electron chi connectivity index (χ1n) is 3.18. The molecule has 5 nitrogen and oxygen atoms in total. The van der Waals surface area contributed by atoms with E-state index in [9.17, 15) is 0 Å². The van der Waals surface area contributed by atoms with Crippen molar-refractivity contribution in [1.82, 2.24) is 19.8 Å². The minimum atomic E-state index is -0.141. The molecule has 2 heterocycles. The van der Waals surface area contributed by atoms with Gasteiger partial charge in [-0.3, -0.25) is 0 Å². The van der Waals surface area contributed by atoms with E-state index in [2.05, 4.69) is 15.3 Å². The maximum Gasteiger partial charge on any atom is 0.180 e. The summed E-state index contributed by atoms with van der Waals surface area (Å²) >= 11 is 0. The lowest BCUT2D eigenvalue weighted by Crippen LogP contribution is -1.96. The van der Waals surface area contributed by atoms with Gasteiger partial charge < -0.3 is 5.11 Å². The fourth-order valence-electron chi connectivity index (χ4n) is 0.888. The van der Waals surface area contributed by atoms with Crippen LogP contribution in [0.25, 0.3) is 5.65 Å². The summed E-state index contributed by atoms with van der Waals surface area (Å²) in [5.74, 6) is 0.459. The lowest BCUT2D eigenvalue weighted by molar-refractivity contribution is 0.268. The molecule has 0 unspecified atom stereocenters. The second-order valence-corrected chi connectivity index (χ2v) is 2.07. The number of aliphatic hydroxyl groups excluding tert-OH is 1. The van der Waals surface area contributed by atoms with E-state index in [1.54, 1.807) is 18.3 Å². The topological polar surface area (TPSA) is 63.3 Å². The predicted molar refractivity (Wildman–Crippen MR) is 36.7 cm³/mol. The van der Waals surface area contributed by atoms with Crippen LogP contribution in [0.4, 0.5) is 0 Å². The monoisotopic (exact) mass is 150 g/mol. The van der Waals surface area contributed by atoms with Crippen molar-refractivity contribution in [1.29, 1.82) is 0 Å². The van der Waals surface area contributed by atoms with Crippen molar-refractivity contribution < 1.29 is 5.11 Å². The predicted octanol–water partition coefficient (Wildman–Crippen LogP) is -0.383. The Labute approximate surface area is 62.3 Å². The average Bonchev–Trinajstić information content (AvgIpc) is 2.47. The molecular weight excluding hydrogens is 144 g/mol. The summed E-state index contributed by atoms with van der Waals surface area (Å²) in [5.41, 5.74) is 0.650. The Bertz CT molecular complexity index is 369. The number of aromatic nitrogens is 4. The Balaban J connectivity index is 2.76. The van der Waals surface area contributed by atoms with E-state index >= 15 is 0 Å². The minimum Gasteiger partial charge on any atom is -0.388 e. The number of hydrogen-bond donors (Lipinski definition) is 1. The summed E-state index contributed by atoms with van der Waals surface area (Å²) in [5, 5.41) is 20.2. The van der Waals surface area contributed by atoms with E-state index < -0.39 is 0 Å². The maximum atomic E-state index is 8.76. The molecule has 0 bridgehead atoms. The minimum absolute atomic E-state index is 0.141. The molecule has 1 N–H and O–H groups in total. The van der Waals surface area contributed by atoms with Gasteiger partial charge in [-0.05, 0) is 12.1 Å². The largest absolute Gasteiger partial charge is 0.388 e. The molecular formula is C6H6N4O. The molecule has 2 aromatic heterocycles. The zero-order valence-electron chi connectivity index (χ0n) is 5.68. The number of hydrogen-bond acceptors (Lipinski definition) is 4. The standard InChI is InChI=1S/C6H6N4O/c11-4-6-9-8-5-2-1-3-7-10(5)6/h1-3,11H,4H2. The van der Waals surface area contributed by atoms with Crippen LogP contribution in [-0.2, 0) is 6.61 Å². The summed E-state index contributed by atoms with van der Waals surface area (Å²) in [7, 11) is 0. The maximum absolute atomic E-state index is 8.76. The summed E-state index contributed by atoms with van der Waals surface area (Å²) in [6, 6.07) is 3.55. The van der Waals surface area contributed by atoms with Gasteiger partial charge in [0.15, 0.2) is 11.5 Å². The molecule has 5 heteroatoms. The van der Waals surface area contributed by atoms with E-state index in [1.165, 1.54) is 4.52 Å². The van der Waals surface area contributed by atoms with E-state index in [0.29, 0.717) is 11.5 Å². The van der Waals surface area contributed by atoms with Crippen LogP contribution in [0.1, 0.15) is 5.82 Å². The molecule has 0 aliphatic heterocycles. The summed E-state index contributed by atoms with van der Waals surface area (Å²) < 4.78 is 1.50. The Morgan fingerprint density at radius 2 is 2.36 bits per heavy atom. The SMILES string of the molecule is OCc1nnc2cccnn12. The molecule has 0 aromatic carbocycles. The summed E-state index contributed by atoms with van der Waals surface area (Å²) in [6.45, 7) is -0.141. The van der Waals surface area contributed by atoms with Gasteiger partial charge in [0.05, 0.1) is 0 Å². The average molecular weight is 150 g/mol. The van der Waals surface area contributed by atoms with E-state index in [1.807, 2.05) is 0 Å². The number of aliphatic hydroxyl groups is 1. The molecule has 0 spiro atoms. The van der Waals surface area contributed by atoms with Gasteiger partial charge in [0.2, 0.25) is 0 Å². The molecule has 0 aliphatic carbocycles. The molecule has 0 saturated carbocycles. The molecule has 0 amide bonds. The zero-order chi connectivity index (χ0) is 7.68. The van der Waals surface area contributed by atoms with Crippen molar-refractivity contribution in [3.8, 4) is 0 Å². The molecule has 0 radical (unpaired) electrons. The van der Waals surface area contributed by atoms with Crippen LogP contribution >= 0.6 is 0 Å². The highest BCUT2D eigenvalue weighted by molar-refractivity contribution is 5.34. The number of rotatable bonds is 1. The van der Waals surface area contributed by atoms with Crippen LogP contribution in [-0.4, -0.2) is 24.9 Å². The zero-order valence-corrected chi connectivity index (χ0v) is 5.68. The molecule has 2 rings (SSSR count). The van der Waals surface area contributed by atoms with Crippen molar-refractivity contribution in [3.05, 3.63) is 24.2 Å². The Kier molecular flexibility index (Phi) is 1.29. The third-order valence-electron chi connectivity index (χ3n) is 1.38. The van der Waals surface area contributed by atoms with Crippen LogP contribution in [0.5, 0.6) is 0 Å². The number of nitrogens with zero attached hydrogens (tertiary/aromatic N) is 4. The first-order valence-corrected chi connectivity index (χ1v) is 3.18. The lowest BCUT2D eigenvalue weighted by atomic mass is 10.5. The second-order valence-electron chi connectivity index (χ2n) is 2.07. The van der Waals surface area contributed by atoms with Gasteiger partial charge in [0.1, 0.15) is 6.61 Å². The van der Waals surface area contributed by atoms with E-state index in [0.717, 1.165) is 0 Å². The fraction of sp³-hybridized carbons (Fsp3) is 0.167. The van der Waals surface area contributed by atoms with Crippen molar-refractivity contribution in [2.45, 2.75) is 6.61 Å². The third-order valence-corrected chi connectivity index (χ3v) is 1.38. The van der Waals surface area contributed by atoms with Crippen molar-refractivity contribution in [2.75, 3.05) is 0 Å². The Morgan fingerprint density at radius 1 is 1.45 bits per heavy atom. The highest BCUT2D eigenvalue weighted by atomic mass is 16.3. The smallest absolute Gasteiger partial charge is 0.180 e. The third kappa shape index (κ3) is 0.857. The van der Waals surface area contributed by atoms with Gasteiger partial charge in [-0.2, -0.15) is 9.61 Å². The van der Waals surface area contributed by atoms with Gasteiger partial charge in [-0.25, -0.2) is 0 Å². The lowest BCUT2D eigenvalue weighted by Gasteiger charge is -1.90. The van der Waals surface area contributed by atoms with Crippen LogP contribution in [0.3, 0.4) is 0 Å². The van der Waals surface area contributed by atoms with E-state index in [-0.39, 0.29) is 6.61 Å². The molecule has 11 heavy (non-hydrogen) atoms. The Morgan fingerprint density at radius 3 is 3.18 bits per heavy atom. The summed E-state index contributed by atoms with van der Waals surface area (Å²) in [4.78, 5) is 0. The van der Waals surface area contributed by atoms with Crippen LogP contribution in [0.2, 0.25) is 0 Å². The first-order chi connectivity index (χ1) is 5.42. The highest BCUT2D eigenvalue weighted by Crippen LogP contribution is 1.98. The second kappa shape index (κ2) is 2.28. The van der Waals surface area contributed by atoms with Gasteiger partial charge in [0.25, 0.3) is 0 Å². The molecule has 0 aliphatic rings. The molecule has 0 atom stereocenters. The number of fused-ring (bicyclic) bond motifs is 1. The van der Waals surface area contributed by atoms with Crippen molar-refractivity contribution in [2.24, 2.45) is 0 Å². The molecule has 56 valence electrons. The quantitative estimate of drug-likeness (QED) is 0.601.